The zero-order valence-electron chi connectivity index (χ0n) is 10.7. The molecule has 2 rings (SSSR count). The Morgan fingerprint density at radius 3 is 2.47 bits per heavy atom. The van der Waals surface area contributed by atoms with Gasteiger partial charge in [-0.3, -0.25) is 0 Å². The van der Waals surface area contributed by atoms with Gasteiger partial charge in [0.15, 0.2) is 11.6 Å². The van der Waals surface area contributed by atoms with Crippen LogP contribution in [-0.2, 0) is 0 Å². The molecule has 0 aromatic heterocycles. The van der Waals surface area contributed by atoms with Crippen molar-refractivity contribution >= 4 is 5.69 Å². The van der Waals surface area contributed by atoms with Crippen molar-refractivity contribution in [3.05, 3.63) is 23.8 Å². The van der Waals surface area contributed by atoms with E-state index in [1.165, 1.54) is 6.07 Å². The molecule has 1 heterocycles. The Morgan fingerprint density at radius 1 is 1.26 bits per heavy atom. The van der Waals surface area contributed by atoms with E-state index < -0.39 is 24.0 Å². The first-order valence-corrected chi connectivity index (χ1v) is 5.98. The first-order chi connectivity index (χ1) is 8.80. The summed E-state index contributed by atoms with van der Waals surface area (Å²) in [5, 5.41) is 0. The van der Waals surface area contributed by atoms with E-state index in [0.29, 0.717) is 13.1 Å². The normalized spacial score (nSPS) is 18.2. The highest BCUT2D eigenvalue weighted by atomic mass is 19.3. The standard InChI is InChI=1S/C13H15F4NO/c1-13(2)5-6-18(7-13)9-4-3-8(14)10(15)11(9)19-12(16)17/h3-4,12H,5-7H2,1-2H3. The summed E-state index contributed by atoms with van der Waals surface area (Å²) in [6.45, 7) is 2.04. The van der Waals surface area contributed by atoms with Gasteiger partial charge in [-0.05, 0) is 24.0 Å². The first-order valence-electron chi connectivity index (χ1n) is 5.98. The van der Waals surface area contributed by atoms with Crippen LogP contribution in [0.25, 0.3) is 0 Å². The Balaban J connectivity index is 2.37. The fourth-order valence-electron chi connectivity index (χ4n) is 2.29. The maximum atomic E-state index is 13.6. The van der Waals surface area contributed by atoms with Crippen LogP contribution in [0.15, 0.2) is 12.1 Å². The lowest BCUT2D eigenvalue weighted by atomic mass is 9.93. The molecule has 0 bridgehead atoms. The van der Waals surface area contributed by atoms with Gasteiger partial charge in [0.25, 0.3) is 0 Å². The van der Waals surface area contributed by atoms with Gasteiger partial charge in [0.1, 0.15) is 0 Å². The number of hydrogen-bond donors (Lipinski definition) is 0. The van der Waals surface area contributed by atoms with Crippen LogP contribution in [0, 0.1) is 17.0 Å². The molecule has 2 nitrogen and oxygen atoms in total. The summed E-state index contributed by atoms with van der Waals surface area (Å²) in [5.74, 6) is -3.28. The summed E-state index contributed by atoms with van der Waals surface area (Å²) in [5.41, 5.74) is 0.178. The molecule has 19 heavy (non-hydrogen) atoms. The third kappa shape index (κ3) is 2.93. The number of ether oxygens (including phenoxy) is 1. The third-order valence-corrected chi connectivity index (χ3v) is 3.25. The van der Waals surface area contributed by atoms with Crippen LogP contribution < -0.4 is 9.64 Å². The van der Waals surface area contributed by atoms with Crippen LogP contribution in [0.3, 0.4) is 0 Å². The second-order valence-corrected chi connectivity index (χ2v) is 5.42. The Labute approximate surface area is 109 Å². The van der Waals surface area contributed by atoms with Gasteiger partial charge in [-0.2, -0.15) is 13.2 Å². The van der Waals surface area contributed by atoms with E-state index in [0.717, 1.165) is 12.5 Å². The van der Waals surface area contributed by atoms with Crippen molar-refractivity contribution in [1.29, 1.82) is 0 Å². The summed E-state index contributed by atoms with van der Waals surface area (Å²) in [7, 11) is 0. The van der Waals surface area contributed by atoms with Crippen LogP contribution in [0.4, 0.5) is 23.2 Å². The van der Waals surface area contributed by atoms with Gasteiger partial charge in [-0.25, -0.2) is 4.39 Å². The second kappa shape index (κ2) is 4.90. The molecular formula is C13H15F4NO. The summed E-state index contributed by atoms with van der Waals surface area (Å²) in [4.78, 5) is 1.74. The first kappa shape index (κ1) is 14.0. The van der Waals surface area contributed by atoms with Gasteiger partial charge in [-0.1, -0.05) is 13.8 Å². The Kier molecular flexibility index (Phi) is 3.60. The molecule has 1 fully saturated rings. The molecule has 0 spiro atoms. The minimum atomic E-state index is -3.19. The molecule has 0 unspecified atom stereocenters. The van der Waals surface area contributed by atoms with Crippen LogP contribution in [0.1, 0.15) is 20.3 Å². The van der Waals surface area contributed by atoms with E-state index in [1.807, 2.05) is 13.8 Å². The topological polar surface area (TPSA) is 12.5 Å². The van der Waals surface area contributed by atoms with E-state index in [2.05, 4.69) is 4.74 Å². The van der Waals surface area contributed by atoms with Crippen molar-refractivity contribution < 1.29 is 22.3 Å². The van der Waals surface area contributed by atoms with Gasteiger partial charge < -0.3 is 9.64 Å². The molecule has 1 aliphatic rings. The van der Waals surface area contributed by atoms with Crippen molar-refractivity contribution in [2.75, 3.05) is 18.0 Å². The highest BCUT2D eigenvalue weighted by molar-refractivity contribution is 5.60. The SMILES string of the molecule is CC1(C)CCN(c2ccc(F)c(F)c2OC(F)F)C1. The summed E-state index contributed by atoms with van der Waals surface area (Å²) in [6.07, 6.45) is 0.847. The molecule has 106 valence electrons. The molecule has 1 aromatic rings. The van der Waals surface area contributed by atoms with Gasteiger partial charge in [0, 0.05) is 13.1 Å². The molecule has 0 atom stereocenters. The molecule has 6 heteroatoms. The molecular weight excluding hydrogens is 262 g/mol. The average Bonchev–Trinajstić information content (AvgIpc) is 2.65. The molecule has 0 saturated carbocycles. The molecule has 0 amide bonds. The number of benzene rings is 1. The summed E-state index contributed by atoms with van der Waals surface area (Å²) < 4.78 is 55.5. The van der Waals surface area contributed by atoms with Crippen molar-refractivity contribution in [1.82, 2.24) is 0 Å². The number of halogens is 4. The van der Waals surface area contributed by atoms with Crippen LogP contribution in [0.2, 0.25) is 0 Å². The molecule has 1 saturated heterocycles. The predicted molar refractivity (Wildman–Crippen MR) is 63.6 cm³/mol. The van der Waals surface area contributed by atoms with Gasteiger partial charge in [0.05, 0.1) is 5.69 Å². The lowest BCUT2D eigenvalue weighted by molar-refractivity contribution is -0.0521. The number of alkyl halides is 2. The Morgan fingerprint density at radius 2 is 1.95 bits per heavy atom. The molecule has 0 aliphatic carbocycles. The minimum absolute atomic E-state index is 0.00691. The molecule has 0 N–H and O–H groups in total. The second-order valence-electron chi connectivity index (χ2n) is 5.42. The maximum Gasteiger partial charge on any atom is 0.387 e. The van der Waals surface area contributed by atoms with Crippen molar-refractivity contribution in [2.24, 2.45) is 5.41 Å². The number of nitrogens with zero attached hydrogens (tertiary/aromatic N) is 1. The molecule has 0 radical (unpaired) electrons. The van der Waals surface area contributed by atoms with E-state index >= 15 is 0 Å². The van der Waals surface area contributed by atoms with E-state index in [-0.39, 0.29) is 11.1 Å². The number of hydrogen-bond acceptors (Lipinski definition) is 2. The summed E-state index contributed by atoms with van der Waals surface area (Å²) >= 11 is 0. The lowest BCUT2D eigenvalue weighted by Gasteiger charge is -2.24. The monoisotopic (exact) mass is 277 g/mol. The van der Waals surface area contributed by atoms with Gasteiger partial charge in [0.2, 0.25) is 5.82 Å². The summed E-state index contributed by atoms with van der Waals surface area (Å²) in [6, 6.07) is 2.20. The van der Waals surface area contributed by atoms with Crippen molar-refractivity contribution in [3.63, 3.8) is 0 Å². The zero-order chi connectivity index (χ0) is 14.2. The van der Waals surface area contributed by atoms with Crippen molar-refractivity contribution in [3.8, 4) is 5.75 Å². The Hall–Kier alpha value is -1.46. The smallest absolute Gasteiger partial charge is 0.387 e. The van der Waals surface area contributed by atoms with Gasteiger partial charge in [-0.15, -0.1) is 0 Å². The number of rotatable bonds is 3. The predicted octanol–water partition coefficient (Wildman–Crippen LogP) is 3.80. The molecule has 1 aliphatic heterocycles. The van der Waals surface area contributed by atoms with Crippen LogP contribution in [0.5, 0.6) is 5.75 Å². The highest BCUT2D eigenvalue weighted by Crippen LogP contribution is 2.39. The third-order valence-electron chi connectivity index (χ3n) is 3.25. The lowest BCUT2D eigenvalue weighted by Crippen LogP contribution is -2.24. The molecule has 1 aromatic carbocycles. The number of anilines is 1. The van der Waals surface area contributed by atoms with E-state index in [1.54, 1.807) is 4.90 Å². The van der Waals surface area contributed by atoms with Crippen LogP contribution in [-0.4, -0.2) is 19.7 Å². The van der Waals surface area contributed by atoms with Crippen LogP contribution >= 0.6 is 0 Å². The van der Waals surface area contributed by atoms with E-state index in [9.17, 15) is 17.6 Å². The Bertz CT molecular complexity index is 476. The largest absolute Gasteiger partial charge is 0.429 e. The van der Waals surface area contributed by atoms with Crippen molar-refractivity contribution in [2.45, 2.75) is 26.9 Å². The average molecular weight is 277 g/mol. The quantitative estimate of drug-likeness (QED) is 0.779. The van der Waals surface area contributed by atoms with Gasteiger partial charge >= 0.3 is 6.61 Å². The minimum Gasteiger partial charge on any atom is -0.429 e. The van der Waals surface area contributed by atoms with E-state index in [4.69, 9.17) is 0 Å². The maximum absolute atomic E-state index is 13.6. The zero-order valence-corrected chi connectivity index (χ0v) is 10.7. The fraction of sp³-hybridized carbons (Fsp3) is 0.538. The fourth-order valence-corrected chi connectivity index (χ4v) is 2.29. The highest BCUT2D eigenvalue weighted by Gasteiger charge is 2.32.